The van der Waals surface area contributed by atoms with E-state index in [1.54, 1.807) is 9.80 Å². The molecule has 0 spiro atoms. The molecule has 2 aliphatic rings. The van der Waals surface area contributed by atoms with Gasteiger partial charge in [-0.2, -0.15) is 0 Å². The summed E-state index contributed by atoms with van der Waals surface area (Å²) < 4.78 is 26.8. The van der Waals surface area contributed by atoms with E-state index in [4.69, 9.17) is 0 Å². The second-order valence-corrected chi connectivity index (χ2v) is 8.69. The molecule has 0 bridgehead atoms. The van der Waals surface area contributed by atoms with E-state index in [-0.39, 0.29) is 17.4 Å². The van der Waals surface area contributed by atoms with Gasteiger partial charge in [-0.3, -0.25) is 9.59 Å². The Morgan fingerprint density at radius 2 is 1.37 bits per heavy atom. The summed E-state index contributed by atoms with van der Waals surface area (Å²) in [6, 6.07) is 19.0. The fourth-order valence-electron chi connectivity index (χ4n) is 4.60. The molecular formula is C28H25F2N3O2. The van der Waals surface area contributed by atoms with Gasteiger partial charge in [0, 0.05) is 55.2 Å². The van der Waals surface area contributed by atoms with E-state index >= 15 is 0 Å². The summed E-state index contributed by atoms with van der Waals surface area (Å²) in [4.78, 5) is 31.5. The Balaban J connectivity index is 1.25. The van der Waals surface area contributed by atoms with Gasteiger partial charge in [-0.25, -0.2) is 8.78 Å². The molecular weight excluding hydrogens is 448 g/mol. The second kappa shape index (κ2) is 9.70. The molecule has 5 rings (SSSR count). The fraction of sp³-hybridized carbons (Fsp3) is 0.214. The lowest BCUT2D eigenvalue weighted by Gasteiger charge is -2.28. The van der Waals surface area contributed by atoms with Gasteiger partial charge in [0.15, 0.2) is 11.6 Å². The number of hydrogen-bond donors (Lipinski definition) is 0. The van der Waals surface area contributed by atoms with Gasteiger partial charge in [-0.1, -0.05) is 30.4 Å². The van der Waals surface area contributed by atoms with Crippen LogP contribution in [0.4, 0.5) is 20.2 Å². The van der Waals surface area contributed by atoms with Crippen molar-refractivity contribution in [2.75, 3.05) is 37.6 Å². The molecule has 1 saturated heterocycles. The molecule has 2 heterocycles. The zero-order valence-electron chi connectivity index (χ0n) is 19.2. The average Bonchev–Trinajstić information content (AvgIpc) is 3.16. The smallest absolute Gasteiger partial charge is 0.254 e. The number of anilines is 2. The van der Waals surface area contributed by atoms with Gasteiger partial charge in [0.05, 0.1) is 0 Å². The van der Waals surface area contributed by atoms with Gasteiger partial charge in [-0.15, -0.1) is 0 Å². The molecule has 0 unspecified atom stereocenters. The minimum atomic E-state index is -1.05. The number of rotatable bonds is 3. The SMILES string of the molecule is O=C(c1ccc(N2CC=Cc3ccccc32)cc1)N1CCCN(C(=O)c2ccc(F)c(F)c2)CC1. The van der Waals surface area contributed by atoms with E-state index in [0.29, 0.717) is 38.2 Å². The highest BCUT2D eigenvalue weighted by molar-refractivity contribution is 5.96. The highest BCUT2D eigenvalue weighted by Crippen LogP contribution is 2.32. The van der Waals surface area contributed by atoms with E-state index in [2.05, 4.69) is 29.2 Å². The minimum absolute atomic E-state index is 0.0855. The molecule has 1 fully saturated rings. The zero-order valence-corrected chi connectivity index (χ0v) is 19.2. The highest BCUT2D eigenvalue weighted by atomic mass is 19.2. The summed E-state index contributed by atoms with van der Waals surface area (Å²) >= 11 is 0. The molecule has 0 radical (unpaired) electrons. The number of hydrogen-bond acceptors (Lipinski definition) is 3. The maximum atomic E-state index is 13.6. The number of carbonyl (C=O) groups is 2. The summed E-state index contributed by atoms with van der Waals surface area (Å²) in [5, 5.41) is 0. The van der Waals surface area contributed by atoms with Crippen LogP contribution in [-0.4, -0.2) is 54.3 Å². The number of fused-ring (bicyclic) bond motifs is 1. The van der Waals surface area contributed by atoms with Crippen LogP contribution in [-0.2, 0) is 0 Å². The van der Waals surface area contributed by atoms with Crippen LogP contribution in [0.1, 0.15) is 32.7 Å². The monoisotopic (exact) mass is 473 g/mol. The summed E-state index contributed by atoms with van der Waals surface area (Å²) in [5.74, 6) is -2.48. The third kappa shape index (κ3) is 4.67. The van der Waals surface area contributed by atoms with E-state index in [1.807, 2.05) is 36.4 Å². The van der Waals surface area contributed by atoms with Crippen molar-refractivity contribution >= 4 is 29.3 Å². The quantitative estimate of drug-likeness (QED) is 0.531. The number of carbonyl (C=O) groups excluding carboxylic acids is 2. The van der Waals surface area contributed by atoms with Crippen molar-refractivity contribution in [3.63, 3.8) is 0 Å². The van der Waals surface area contributed by atoms with Crippen molar-refractivity contribution < 1.29 is 18.4 Å². The predicted molar refractivity (Wildman–Crippen MR) is 132 cm³/mol. The first-order valence-electron chi connectivity index (χ1n) is 11.7. The lowest BCUT2D eigenvalue weighted by atomic mass is 10.1. The normalized spacial score (nSPS) is 15.5. The van der Waals surface area contributed by atoms with Crippen LogP contribution in [0.5, 0.6) is 0 Å². The van der Waals surface area contributed by atoms with E-state index in [1.165, 1.54) is 6.07 Å². The Hall–Kier alpha value is -4.00. The van der Waals surface area contributed by atoms with Gasteiger partial charge in [-0.05, 0) is 60.5 Å². The average molecular weight is 474 g/mol. The standard InChI is InChI=1S/C28H25F2N3O2/c29-24-13-10-22(19-25(24)30)28(35)32-15-4-14-31(17-18-32)27(34)21-8-11-23(12-9-21)33-16-3-6-20-5-1-2-7-26(20)33/h1-3,5-13,19H,4,14-18H2. The summed E-state index contributed by atoms with van der Waals surface area (Å²) in [5.41, 5.74) is 4.00. The van der Waals surface area contributed by atoms with E-state index < -0.39 is 11.6 Å². The van der Waals surface area contributed by atoms with Crippen LogP contribution in [0, 0.1) is 11.6 Å². The molecule has 178 valence electrons. The molecule has 2 amide bonds. The molecule has 2 aliphatic heterocycles. The van der Waals surface area contributed by atoms with Crippen LogP contribution in [0.2, 0.25) is 0 Å². The molecule has 0 atom stereocenters. The molecule has 7 heteroatoms. The molecule has 0 saturated carbocycles. The second-order valence-electron chi connectivity index (χ2n) is 8.69. The first-order valence-corrected chi connectivity index (χ1v) is 11.7. The van der Waals surface area contributed by atoms with Crippen LogP contribution < -0.4 is 4.90 Å². The zero-order chi connectivity index (χ0) is 24.4. The summed E-state index contributed by atoms with van der Waals surface area (Å²) in [6.45, 7) is 2.44. The van der Waals surface area contributed by atoms with Gasteiger partial charge in [0.1, 0.15) is 0 Å². The number of halogens is 2. The van der Waals surface area contributed by atoms with Crippen LogP contribution in [0.25, 0.3) is 6.08 Å². The maximum absolute atomic E-state index is 13.6. The number of amides is 2. The topological polar surface area (TPSA) is 43.9 Å². The Kier molecular flexibility index (Phi) is 6.31. The molecule has 3 aromatic rings. The number of para-hydroxylation sites is 1. The first kappa shape index (κ1) is 22.8. The predicted octanol–water partition coefficient (Wildman–Crippen LogP) is 5.12. The Morgan fingerprint density at radius 1 is 0.714 bits per heavy atom. The molecule has 5 nitrogen and oxygen atoms in total. The van der Waals surface area contributed by atoms with Crippen molar-refractivity contribution in [2.45, 2.75) is 6.42 Å². The van der Waals surface area contributed by atoms with Gasteiger partial charge in [0.25, 0.3) is 11.8 Å². The summed E-state index contributed by atoms with van der Waals surface area (Å²) in [7, 11) is 0. The Labute approximate surface area is 202 Å². The van der Waals surface area contributed by atoms with Crippen LogP contribution in [0.3, 0.4) is 0 Å². The minimum Gasteiger partial charge on any atom is -0.337 e. The lowest BCUT2D eigenvalue weighted by Crippen LogP contribution is -2.37. The fourth-order valence-corrected chi connectivity index (χ4v) is 4.60. The van der Waals surface area contributed by atoms with Gasteiger partial charge < -0.3 is 14.7 Å². The van der Waals surface area contributed by atoms with Crippen molar-refractivity contribution in [3.05, 3.63) is 101 Å². The van der Waals surface area contributed by atoms with Crippen molar-refractivity contribution in [2.24, 2.45) is 0 Å². The molecule has 0 N–H and O–H groups in total. The van der Waals surface area contributed by atoms with Crippen molar-refractivity contribution in [3.8, 4) is 0 Å². The Bertz CT molecular complexity index is 1290. The van der Waals surface area contributed by atoms with Gasteiger partial charge in [0.2, 0.25) is 0 Å². The number of benzene rings is 3. The first-order chi connectivity index (χ1) is 17.0. The van der Waals surface area contributed by atoms with Crippen molar-refractivity contribution in [1.82, 2.24) is 9.80 Å². The third-order valence-corrected chi connectivity index (χ3v) is 6.48. The van der Waals surface area contributed by atoms with Crippen LogP contribution >= 0.6 is 0 Å². The van der Waals surface area contributed by atoms with Crippen LogP contribution in [0.15, 0.2) is 72.8 Å². The third-order valence-electron chi connectivity index (χ3n) is 6.48. The highest BCUT2D eigenvalue weighted by Gasteiger charge is 2.24. The summed E-state index contributed by atoms with van der Waals surface area (Å²) in [6.07, 6.45) is 4.84. The lowest BCUT2D eigenvalue weighted by molar-refractivity contribution is 0.0718. The van der Waals surface area contributed by atoms with E-state index in [0.717, 1.165) is 35.6 Å². The van der Waals surface area contributed by atoms with Crippen molar-refractivity contribution in [1.29, 1.82) is 0 Å². The van der Waals surface area contributed by atoms with E-state index in [9.17, 15) is 18.4 Å². The molecule has 3 aromatic carbocycles. The molecule has 0 aliphatic carbocycles. The number of nitrogens with zero attached hydrogens (tertiary/aromatic N) is 3. The largest absolute Gasteiger partial charge is 0.337 e. The van der Waals surface area contributed by atoms with Gasteiger partial charge >= 0.3 is 0 Å². The maximum Gasteiger partial charge on any atom is 0.254 e. The molecule has 35 heavy (non-hydrogen) atoms. The molecule has 0 aromatic heterocycles. The Morgan fingerprint density at radius 3 is 2.09 bits per heavy atom.